The Kier molecular flexibility index (Phi) is 3.24. The molecule has 0 aliphatic heterocycles. The van der Waals surface area contributed by atoms with Gasteiger partial charge in [-0.1, -0.05) is 35.3 Å². The average Bonchev–Trinajstić information content (AvgIpc) is 2.43. The van der Waals surface area contributed by atoms with Gasteiger partial charge in [-0.15, -0.1) is 0 Å². The van der Waals surface area contributed by atoms with E-state index in [0.717, 1.165) is 11.1 Å². The Labute approximate surface area is 125 Å². The molecule has 1 heterocycles. The van der Waals surface area contributed by atoms with Crippen LogP contribution < -0.4 is 5.56 Å². The number of fused-ring (bicyclic) bond motifs is 1. The fourth-order valence-electron chi connectivity index (χ4n) is 2.09. The molecule has 0 saturated heterocycles. The molecule has 5 heteroatoms. The lowest BCUT2D eigenvalue weighted by Gasteiger charge is -2.06. The minimum atomic E-state index is -0.167. The molecule has 0 radical (unpaired) electrons. The summed E-state index contributed by atoms with van der Waals surface area (Å²) in [5.41, 5.74) is 2.20. The van der Waals surface area contributed by atoms with Crippen LogP contribution in [0.15, 0.2) is 41.2 Å². The Morgan fingerprint density at radius 1 is 1.10 bits per heavy atom. The monoisotopic (exact) mass is 304 g/mol. The summed E-state index contributed by atoms with van der Waals surface area (Å²) in [5.74, 6) is 0.482. The van der Waals surface area contributed by atoms with Crippen molar-refractivity contribution in [1.29, 1.82) is 0 Å². The summed E-state index contributed by atoms with van der Waals surface area (Å²) in [5, 5.41) is 1.47. The molecule has 0 aliphatic rings. The Hall–Kier alpha value is -1.84. The smallest absolute Gasteiger partial charge is 0.259 e. The van der Waals surface area contributed by atoms with Crippen molar-refractivity contribution >= 4 is 34.1 Å². The molecule has 0 aliphatic carbocycles. The highest BCUT2D eigenvalue weighted by molar-refractivity contribution is 6.42. The van der Waals surface area contributed by atoms with Gasteiger partial charge in [0.15, 0.2) is 0 Å². The maximum atomic E-state index is 12.1. The molecule has 0 saturated carbocycles. The number of hydrogen-bond acceptors (Lipinski definition) is 2. The maximum absolute atomic E-state index is 12.1. The fourth-order valence-corrected chi connectivity index (χ4v) is 2.38. The number of aromatic nitrogens is 2. The third-order valence-corrected chi connectivity index (χ3v) is 3.87. The molecule has 0 spiro atoms. The standard InChI is InChI=1S/C15H10Cl2N2O/c1-8-3-2-4-10-13(8)18-14(19-15(10)20)9-5-6-11(16)12(17)7-9/h2-7H,1H3,(H,18,19,20). The van der Waals surface area contributed by atoms with Gasteiger partial charge in [0.2, 0.25) is 0 Å². The van der Waals surface area contributed by atoms with E-state index in [1.165, 1.54) is 0 Å². The van der Waals surface area contributed by atoms with Gasteiger partial charge in [-0.25, -0.2) is 4.98 Å². The van der Waals surface area contributed by atoms with Crippen LogP contribution in [0.3, 0.4) is 0 Å². The number of aryl methyl sites for hydroxylation is 1. The van der Waals surface area contributed by atoms with E-state index < -0.39 is 0 Å². The first-order valence-electron chi connectivity index (χ1n) is 6.01. The molecule has 2 aromatic carbocycles. The number of nitrogens with zero attached hydrogens (tertiary/aromatic N) is 1. The normalized spacial score (nSPS) is 10.9. The van der Waals surface area contributed by atoms with Crippen molar-refractivity contribution in [3.8, 4) is 11.4 Å². The molecule has 1 N–H and O–H groups in total. The number of aromatic amines is 1. The highest BCUT2D eigenvalue weighted by atomic mass is 35.5. The van der Waals surface area contributed by atoms with E-state index in [2.05, 4.69) is 9.97 Å². The van der Waals surface area contributed by atoms with Gasteiger partial charge in [0.1, 0.15) is 5.82 Å². The SMILES string of the molecule is Cc1cccc2c(=O)[nH]c(-c3ccc(Cl)c(Cl)c3)nc12. The number of benzene rings is 2. The summed E-state index contributed by atoms with van der Waals surface area (Å²) in [7, 11) is 0. The summed E-state index contributed by atoms with van der Waals surface area (Å²) >= 11 is 11.9. The van der Waals surface area contributed by atoms with Crippen molar-refractivity contribution in [3.05, 3.63) is 62.4 Å². The van der Waals surface area contributed by atoms with Crippen LogP contribution in [-0.4, -0.2) is 9.97 Å². The van der Waals surface area contributed by atoms with E-state index in [1.54, 1.807) is 24.3 Å². The molecular formula is C15H10Cl2N2O. The quantitative estimate of drug-likeness (QED) is 0.732. The molecular weight excluding hydrogens is 295 g/mol. The summed E-state index contributed by atoms with van der Waals surface area (Å²) < 4.78 is 0. The third-order valence-electron chi connectivity index (χ3n) is 3.13. The Bertz CT molecular complexity index is 871. The van der Waals surface area contributed by atoms with Crippen LogP contribution >= 0.6 is 23.2 Å². The minimum absolute atomic E-state index is 0.167. The largest absolute Gasteiger partial charge is 0.306 e. The van der Waals surface area contributed by atoms with Crippen LogP contribution in [0, 0.1) is 6.92 Å². The first-order chi connectivity index (χ1) is 9.56. The second-order valence-corrected chi connectivity index (χ2v) is 5.33. The average molecular weight is 305 g/mol. The lowest BCUT2D eigenvalue weighted by molar-refractivity contribution is 1.17. The minimum Gasteiger partial charge on any atom is -0.306 e. The highest BCUT2D eigenvalue weighted by Gasteiger charge is 2.09. The molecule has 0 bridgehead atoms. The Morgan fingerprint density at radius 3 is 2.65 bits per heavy atom. The zero-order chi connectivity index (χ0) is 14.3. The maximum Gasteiger partial charge on any atom is 0.259 e. The van der Waals surface area contributed by atoms with Crippen LogP contribution in [0.1, 0.15) is 5.56 Å². The van der Waals surface area contributed by atoms with Crippen molar-refractivity contribution in [2.24, 2.45) is 0 Å². The number of H-pyrrole nitrogens is 1. The molecule has 3 rings (SSSR count). The molecule has 100 valence electrons. The molecule has 1 aromatic heterocycles. The van der Waals surface area contributed by atoms with Gasteiger partial charge in [0.25, 0.3) is 5.56 Å². The number of para-hydroxylation sites is 1. The summed E-state index contributed by atoms with van der Waals surface area (Å²) in [4.78, 5) is 19.4. The van der Waals surface area contributed by atoms with Crippen LogP contribution in [-0.2, 0) is 0 Å². The molecule has 3 aromatic rings. The van der Waals surface area contributed by atoms with Crippen molar-refractivity contribution in [1.82, 2.24) is 9.97 Å². The highest BCUT2D eigenvalue weighted by Crippen LogP contribution is 2.27. The lowest BCUT2D eigenvalue weighted by atomic mass is 10.1. The topological polar surface area (TPSA) is 45.8 Å². The van der Waals surface area contributed by atoms with Gasteiger partial charge in [-0.05, 0) is 36.8 Å². The molecule has 0 fully saturated rings. The van der Waals surface area contributed by atoms with Gasteiger partial charge >= 0.3 is 0 Å². The van der Waals surface area contributed by atoms with E-state index >= 15 is 0 Å². The predicted molar refractivity (Wildman–Crippen MR) is 82.6 cm³/mol. The predicted octanol–water partition coefficient (Wildman–Crippen LogP) is 4.21. The zero-order valence-corrected chi connectivity index (χ0v) is 12.1. The van der Waals surface area contributed by atoms with E-state index in [-0.39, 0.29) is 5.56 Å². The first kappa shape index (κ1) is 13.2. The summed E-state index contributed by atoms with van der Waals surface area (Å²) in [6.07, 6.45) is 0. The molecule has 20 heavy (non-hydrogen) atoms. The van der Waals surface area contributed by atoms with Crippen molar-refractivity contribution in [3.63, 3.8) is 0 Å². The van der Waals surface area contributed by atoms with Crippen molar-refractivity contribution in [2.45, 2.75) is 6.92 Å². The second kappa shape index (κ2) is 4.93. The Morgan fingerprint density at radius 2 is 1.90 bits per heavy atom. The number of nitrogens with one attached hydrogen (secondary N) is 1. The summed E-state index contributed by atoms with van der Waals surface area (Å²) in [6, 6.07) is 10.7. The zero-order valence-electron chi connectivity index (χ0n) is 10.6. The number of hydrogen-bond donors (Lipinski definition) is 1. The van der Waals surface area contributed by atoms with Crippen molar-refractivity contribution in [2.75, 3.05) is 0 Å². The first-order valence-corrected chi connectivity index (χ1v) is 6.77. The van der Waals surface area contributed by atoms with Gasteiger partial charge in [0.05, 0.1) is 20.9 Å². The van der Waals surface area contributed by atoms with Crippen LogP contribution in [0.25, 0.3) is 22.3 Å². The molecule has 3 nitrogen and oxygen atoms in total. The van der Waals surface area contributed by atoms with Gasteiger partial charge in [-0.3, -0.25) is 4.79 Å². The van der Waals surface area contributed by atoms with Gasteiger partial charge in [-0.2, -0.15) is 0 Å². The summed E-state index contributed by atoms with van der Waals surface area (Å²) in [6.45, 7) is 1.92. The van der Waals surface area contributed by atoms with Crippen LogP contribution in [0.4, 0.5) is 0 Å². The number of rotatable bonds is 1. The molecule has 0 amide bonds. The lowest BCUT2D eigenvalue weighted by Crippen LogP contribution is -2.10. The number of halogens is 2. The van der Waals surface area contributed by atoms with Crippen molar-refractivity contribution < 1.29 is 0 Å². The van der Waals surface area contributed by atoms with E-state index in [9.17, 15) is 4.79 Å². The third kappa shape index (κ3) is 2.19. The fraction of sp³-hybridized carbons (Fsp3) is 0.0667. The van der Waals surface area contributed by atoms with E-state index in [0.29, 0.717) is 26.8 Å². The van der Waals surface area contributed by atoms with Crippen LogP contribution in [0.5, 0.6) is 0 Å². The van der Waals surface area contributed by atoms with E-state index in [4.69, 9.17) is 23.2 Å². The second-order valence-electron chi connectivity index (χ2n) is 4.51. The Balaban J connectivity index is 2.29. The molecule has 0 unspecified atom stereocenters. The molecule has 0 atom stereocenters. The van der Waals surface area contributed by atoms with Crippen LogP contribution in [0.2, 0.25) is 10.0 Å². The van der Waals surface area contributed by atoms with Gasteiger partial charge < -0.3 is 4.98 Å². The van der Waals surface area contributed by atoms with Gasteiger partial charge in [0, 0.05) is 5.56 Å². The van der Waals surface area contributed by atoms with E-state index in [1.807, 2.05) is 19.1 Å².